The standard InChI is InChI=1S/C29H34O5/c1-4-5-26(18-19-33-28-16-6-22(21(2)20-28)11-17-29(30)31)34-27-14-9-24(10-15-27)23-7-12-25(32-3)13-8-23/h6-10,12-16,20,26H,4-5,11,17-19H2,1-3H3,(H,30,31)/t26-/m1/s1. The van der Waals surface area contributed by atoms with Crippen molar-refractivity contribution >= 4 is 5.97 Å². The van der Waals surface area contributed by atoms with E-state index >= 15 is 0 Å². The molecule has 3 aromatic carbocycles. The first-order valence-corrected chi connectivity index (χ1v) is 11.8. The van der Waals surface area contributed by atoms with Crippen LogP contribution >= 0.6 is 0 Å². The summed E-state index contributed by atoms with van der Waals surface area (Å²) in [4.78, 5) is 10.8. The lowest BCUT2D eigenvalue weighted by Gasteiger charge is -2.19. The van der Waals surface area contributed by atoms with Crippen molar-refractivity contribution in [2.45, 2.75) is 52.1 Å². The fourth-order valence-electron chi connectivity index (χ4n) is 3.87. The second-order valence-corrected chi connectivity index (χ2v) is 8.40. The summed E-state index contributed by atoms with van der Waals surface area (Å²) in [6, 6.07) is 22.0. The number of carboxylic acids is 1. The van der Waals surface area contributed by atoms with Crippen molar-refractivity contribution in [1.29, 1.82) is 0 Å². The number of hydrogen-bond acceptors (Lipinski definition) is 4. The number of methoxy groups -OCH3 is 1. The van der Waals surface area contributed by atoms with Crippen LogP contribution in [0.5, 0.6) is 17.2 Å². The lowest BCUT2D eigenvalue weighted by molar-refractivity contribution is -0.136. The van der Waals surface area contributed by atoms with E-state index < -0.39 is 5.97 Å². The van der Waals surface area contributed by atoms with Crippen LogP contribution in [0.2, 0.25) is 0 Å². The minimum absolute atomic E-state index is 0.0766. The summed E-state index contributed by atoms with van der Waals surface area (Å²) in [6.07, 6.45) is 3.52. The first-order chi connectivity index (χ1) is 16.5. The maximum atomic E-state index is 10.8. The third-order valence-electron chi connectivity index (χ3n) is 5.82. The second kappa shape index (κ2) is 12.7. The number of aryl methyl sites for hydroxylation is 2. The number of ether oxygens (including phenoxy) is 3. The van der Waals surface area contributed by atoms with E-state index in [0.717, 1.165) is 58.8 Å². The first kappa shape index (κ1) is 25.2. The summed E-state index contributed by atoms with van der Waals surface area (Å²) in [5.41, 5.74) is 4.36. The molecule has 5 heteroatoms. The number of carboxylic acid groups (broad SMARTS) is 1. The Kier molecular flexibility index (Phi) is 9.39. The van der Waals surface area contributed by atoms with Crippen LogP contribution in [0.1, 0.15) is 43.7 Å². The Bertz CT molecular complexity index is 1040. The molecule has 0 aliphatic rings. The smallest absolute Gasteiger partial charge is 0.303 e. The Labute approximate surface area is 202 Å². The summed E-state index contributed by atoms with van der Waals surface area (Å²) >= 11 is 0. The SMILES string of the molecule is CCC[C@H](CCOc1ccc(CCC(=O)O)c(C)c1)Oc1ccc(-c2ccc(OC)cc2)cc1. The van der Waals surface area contributed by atoms with Gasteiger partial charge in [-0.2, -0.15) is 0 Å². The van der Waals surface area contributed by atoms with Crippen molar-refractivity contribution in [2.75, 3.05) is 13.7 Å². The molecule has 0 saturated carbocycles. The van der Waals surface area contributed by atoms with Crippen LogP contribution in [-0.2, 0) is 11.2 Å². The highest BCUT2D eigenvalue weighted by Gasteiger charge is 2.11. The Morgan fingerprint density at radius 1 is 0.882 bits per heavy atom. The lowest BCUT2D eigenvalue weighted by Crippen LogP contribution is -2.19. The molecule has 0 aromatic heterocycles. The van der Waals surface area contributed by atoms with Crippen molar-refractivity contribution in [2.24, 2.45) is 0 Å². The molecule has 5 nitrogen and oxygen atoms in total. The average molecular weight is 463 g/mol. The van der Waals surface area contributed by atoms with E-state index in [9.17, 15) is 4.79 Å². The first-order valence-electron chi connectivity index (χ1n) is 11.8. The third kappa shape index (κ3) is 7.55. The molecule has 0 radical (unpaired) electrons. The lowest BCUT2D eigenvalue weighted by atomic mass is 10.0. The number of aliphatic carboxylic acids is 1. The van der Waals surface area contributed by atoms with Crippen LogP contribution in [0.4, 0.5) is 0 Å². The van der Waals surface area contributed by atoms with E-state index in [4.69, 9.17) is 19.3 Å². The van der Waals surface area contributed by atoms with Gasteiger partial charge >= 0.3 is 5.97 Å². The maximum Gasteiger partial charge on any atom is 0.303 e. The molecule has 0 unspecified atom stereocenters. The molecular weight excluding hydrogens is 428 g/mol. The van der Waals surface area contributed by atoms with Gasteiger partial charge in [0.25, 0.3) is 0 Å². The molecule has 3 rings (SSSR count). The van der Waals surface area contributed by atoms with E-state index in [1.54, 1.807) is 7.11 Å². The highest BCUT2D eigenvalue weighted by Crippen LogP contribution is 2.26. The Morgan fingerprint density at radius 3 is 2.06 bits per heavy atom. The van der Waals surface area contributed by atoms with Gasteiger partial charge in [-0.05, 0) is 78.4 Å². The van der Waals surface area contributed by atoms with Crippen molar-refractivity contribution in [3.05, 3.63) is 77.9 Å². The molecule has 0 heterocycles. The van der Waals surface area contributed by atoms with Gasteiger partial charge in [0.05, 0.1) is 13.7 Å². The van der Waals surface area contributed by atoms with Gasteiger partial charge < -0.3 is 19.3 Å². The highest BCUT2D eigenvalue weighted by molar-refractivity contribution is 5.67. The third-order valence-corrected chi connectivity index (χ3v) is 5.82. The van der Waals surface area contributed by atoms with Gasteiger partial charge in [0.15, 0.2) is 0 Å². The molecule has 0 bridgehead atoms. The summed E-state index contributed by atoms with van der Waals surface area (Å²) in [5, 5.41) is 8.88. The number of hydrogen-bond donors (Lipinski definition) is 1. The molecule has 0 spiro atoms. The monoisotopic (exact) mass is 462 g/mol. The van der Waals surface area contributed by atoms with Crippen LogP contribution in [0.25, 0.3) is 11.1 Å². The van der Waals surface area contributed by atoms with Crippen molar-refractivity contribution in [3.63, 3.8) is 0 Å². The van der Waals surface area contributed by atoms with E-state index in [-0.39, 0.29) is 12.5 Å². The predicted octanol–water partition coefficient (Wildman–Crippen LogP) is 6.70. The van der Waals surface area contributed by atoms with Gasteiger partial charge in [-0.15, -0.1) is 0 Å². The van der Waals surface area contributed by atoms with Gasteiger partial charge in [-0.1, -0.05) is 43.7 Å². The Hall–Kier alpha value is -3.47. The van der Waals surface area contributed by atoms with Crippen molar-refractivity contribution < 1.29 is 24.1 Å². The molecule has 0 aliphatic heterocycles. The molecule has 0 amide bonds. The summed E-state index contributed by atoms with van der Waals surface area (Å²) in [7, 11) is 1.67. The fraction of sp³-hybridized carbons (Fsp3) is 0.345. The highest BCUT2D eigenvalue weighted by atomic mass is 16.5. The van der Waals surface area contributed by atoms with Gasteiger partial charge in [0, 0.05) is 12.8 Å². The Balaban J connectivity index is 1.53. The van der Waals surface area contributed by atoms with E-state index in [1.807, 2.05) is 61.5 Å². The van der Waals surface area contributed by atoms with Crippen LogP contribution in [0, 0.1) is 6.92 Å². The topological polar surface area (TPSA) is 65.0 Å². The zero-order chi connectivity index (χ0) is 24.3. The maximum absolute atomic E-state index is 10.8. The molecule has 180 valence electrons. The molecule has 1 N–H and O–H groups in total. The number of benzene rings is 3. The quantitative estimate of drug-likeness (QED) is 0.306. The van der Waals surface area contributed by atoms with Crippen LogP contribution in [0.3, 0.4) is 0 Å². The zero-order valence-electron chi connectivity index (χ0n) is 20.3. The second-order valence-electron chi connectivity index (χ2n) is 8.40. The van der Waals surface area contributed by atoms with Crippen LogP contribution in [-0.4, -0.2) is 30.9 Å². The van der Waals surface area contributed by atoms with E-state index in [1.165, 1.54) is 0 Å². The Morgan fingerprint density at radius 2 is 1.50 bits per heavy atom. The largest absolute Gasteiger partial charge is 0.497 e. The summed E-state index contributed by atoms with van der Waals surface area (Å²) < 4.78 is 17.5. The molecule has 3 aromatic rings. The molecular formula is C29H34O5. The molecule has 34 heavy (non-hydrogen) atoms. The minimum atomic E-state index is -0.780. The summed E-state index contributed by atoms with van der Waals surface area (Å²) in [5.74, 6) is 1.72. The average Bonchev–Trinajstić information content (AvgIpc) is 2.84. The van der Waals surface area contributed by atoms with Crippen LogP contribution in [0.15, 0.2) is 66.7 Å². The van der Waals surface area contributed by atoms with Gasteiger partial charge in [-0.3, -0.25) is 4.79 Å². The number of rotatable bonds is 13. The number of carbonyl (C=O) groups is 1. The van der Waals surface area contributed by atoms with Crippen LogP contribution < -0.4 is 14.2 Å². The molecule has 0 saturated heterocycles. The minimum Gasteiger partial charge on any atom is -0.497 e. The van der Waals surface area contributed by atoms with Crippen molar-refractivity contribution in [1.82, 2.24) is 0 Å². The van der Waals surface area contributed by atoms with Gasteiger partial charge in [0.2, 0.25) is 0 Å². The van der Waals surface area contributed by atoms with Crippen molar-refractivity contribution in [3.8, 4) is 28.4 Å². The molecule has 0 fully saturated rings. The van der Waals surface area contributed by atoms with E-state index in [2.05, 4.69) is 19.1 Å². The summed E-state index contributed by atoms with van der Waals surface area (Å²) in [6.45, 7) is 4.70. The molecule has 0 aliphatic carbocycles. The van der Waals surface area contributed by atoms with Gasteiger partial charge in [0.1, 0.15) is 23.4 Å². The zero-order valence-corrected chi connectivity index (χ0v) is 20.3. The normalized spacial score (nSPS) is 11.6. The van der Waals surface area contributed by atoms with E-state index in [0.29, 0.717) is 13.0 Å². The predicted molar refractivity (Wildman–Crippen MR) is 135 cm³/mol. The van der Waals surface area contributed by atoms with Gasteiger partial charge in [-0.25, -0.2) is 0 Å². The molecule has 1 atom stereocenters. The fourth-order valence-corrected chi connectivity index (χ4v) is 3.87.